The summed E-state index contributed by atoms with van der Waals surface area (Å²) < 4.78 is 5.35. The van der Waals surface area contributed by atoms with Crippen LogP contribution < -0.4 is 0 Å². The van der Waals surface area contributed by atoms with Crippen LogP contribution in [0.5, 0.6) is 0 Å². The van der Waals surface area contributed by atoms with Crippen LogP contribution >= 0.6 is 11.6 Å². The second-order valence-corrected chi connectivity index (χ2v) is 6.90. The monoisotopic (exact) mass is 324 g/mol. The highest BCUT2D eigenvalue weighted by Gasteiger charge is 2.30. The second kappa shape index (κ2) is 6.65. The molecule has 120 valence electrons. The van der Waals surface area contributed by atoms with Crippen molar-refractivity contribution >= 4 is 23.5 Å². The number of carbonyl (C=O) groups is 2. The first-order chi connectivity index (χ1) is 10.3. The zero-order valence-electron chi connectivity index (χ0n) is 13.1. The number of ether oxygens (including phenoxy) is 1. The molecule has 0 radical (unpaired) electrons. The van der Waals surface area contributed by atoms with E-state index in [1.807, 2.05) is 20.8 Å². The molecule has 1 aliphatic heterocycles. The van der Waals surface area contributed by atoms with Gasteiger partial charge in [-0.05, 0) is 45.7 Å². The molecular formula is C16H21ClN2O3. The normalized spacial score (nSPS) is 16.5. The van der Waals surface area contributed by atoms with Gasteiger partial charge < -0.3 is 9.64 Å². The minimum atomic E-state index is -0.505. The van der Waals surface area contributed by atoms with Crippen molar-refractivity contribution in [2.24, 2.45) is 5.92 Å². The molecule has 0 aromatic carbocycles. The van der Waals surface area contributed by atoms with Crippen molar-refractivity contribution in [3.05, 3.63) is 29.0 Å². The summed E-state index contributed by atoms with van der Waals surface area (Å²) in [7, 11) is 0. The Morgan fingerprint density at radius 3 is 2.50 bits per heavy atom. The minimum absolute atomic E-state index is 0.00802. The van der Waals surface area contributed by atoms with Crippen LogP contribution in [0.15, 0.2) is 18.3 Å². The number of ketones is 1. The lowest BCUT2D eigenvalue weighted by molar-refractivity contribution is 0.0182. The summed E-state index contributed by atoms with van der Waals surface area (Å²) in [4.78, 5) is 30.1. The molecule has 5 nitrogen and oxygen atoms in total. The van der Waals surface area contributed by atoms with E-state index in [-0.39, 0.29) is 17.8 Å². The summed E-state index contributed by atoms with van der Waals surface area (Å²) in [5, 5.41) is 0.504. The third-order valence-electron chi connectivity index (χ3n) is 3.49. The summed E-state index contributed by atoms with van der Waals surface area (Å²) in [6.07, 6.45) is 2.45. The zero-order chi connectivity index (χ0) is 16.3. The van der Waals surface area contributed by atoms with Gasteiger partial charge in [0, 0.05) is 30.2 Å². The van der Waals surface area contributed by atoms with E-state index in [9.17, 15) is 9.59 Å². The molecule has 22 heavy (non-hydrogen) atoms. The third kappa shape index (κ3) is 4.44. The van der Waals surface area contributed by atoms with Crippen molar-refractivity contribution < 1.29 is 14.3 Å². The second-order valence-electron chi connectivity index (χ2n) is 6.47. The molecule has 1 aromatic rings. The first kappa shape index (κ1) is 16.7. The fourth-order valence-corrected chi connectivity index (χ4v) is 2.56. The van der Waals surface area contributed by atoms with Crippen molar-refractivity contribution in [1.29, 1.82) is 0 Å². The maximum Gasteiger partial charge on any atom is 0.410 e. The average molecular weight is 325 g/mol. The molecule has 1 fully saturated rings. The Morgan fingerprint density at radius 2 is 1.95 bits per heavy atom. The van der Waals surface area contributed by atoms with E-state index in [4.69, 9.17) is 16.3 Å². The minimum Gasteiger partial charge on any atom is -0.444 e. The molecule has 1 aliphatic rings. The lowest BCUT2D eigenvalue weighted by atomic mass is 9.91. The van der Waals surface area contributed by atoms with Crippen LogP contribution in [0.2, 0.25) is 5.02 Å². The molecule has 0 spiro atoms. The van der Waals surface area contributed by atoms with Gasteiger partial charge in [-0.25, -0.2) is 4.79 Å². The predicted molar refractivity (Wildman–Crippen MR) is 84.1 cm³/mol. The van der Waals surface area contributed by atoms with Gasteiger partial charge in [-0.3, -0.25) is 9.78 Å². The molecule has 0 unspecified atom stereocenters. The quantitative estimate of drug-likeness (QED) is 0.780. The highest BCUT2D eigenvalue weighted by Crippen LogP contribution is 2.23. The smallest absolute Gasteiger partial charge is 0.410 e. The molecule has 1 amide bonds. The Bertz CT molecular complexity index is 561. The van der Waals surface area contributed by atoms with Crippen molar-refractivity contribution in [1.82, 2.24) is 9.88 Å². The number of hydrogen-bond acceptors (Lipinski definition) is 4. The Balaban J connectivity index is 1.92. The van der Waals surface area contributed by atoms with Crippen molar-refractivity contribution in [2.45, 2.75) is 39.2 Å². The van der Waals surface area contributed by atoms with Gasteiger partial charge in [-0.15, -0.1) is 0 Å². The van der Waals surface area contributed by atoms with Gasteiger partial charge in [0.05, 0.1) is 0 Å². The molecule has 0 atom stereocenters. The van der Waals surface area contributed by atoms with Crippen molar-refractivity contribution in [2.75, 3.05) is 13.1 Å². The van der Waals surface area contributed by atoms with Crippen molar-refractivity contribution in [3.8, 4) is 0 Å². The van der Waals surface area contributed by atoms with Crippen LogP contribution in [0.4, 0.5) is 4.79 Å². The Morgan fingerprint density at radius 1 is 1.32 bits per heavy atom. The standard InChI is InChI=1S/C16H21ClN2O3/c1-16(2,3)22-15(21)19-8-5-11(6-9-19)14(20)13-10-12(17)4-7-18-13/h4,7,10-11H,5-6,8-9H2,1-3H3. The first-order valence-electron chi connectivity index (χ1n) is 7.40. The maximum absolute atomic E-state index is 12.4. The van der Waals surface area contributed by atoms with Gasteiger partial charge in [0.1, 0.15) is 11.3 Å². The van der Waals surface area contributed by atoms with Gasteiger partial charge in [-0.1, -0.05) is 11.6 Å². The number of carbonyl (C=O) groups excluding carboxylic acids is 2. The SMILES string of the molecule is CC(C)(C)OC(=O)N1CCC(C(=O)c2cc(Cl)ccn2)CC1. The lowest BCUT2D eigenvalue weighted by Gasteiger charge is -2.32. The fourth-order valence-electron chi connectivity index (χ4n) is 2.40. The summed E-state index contributed by atoms with van der Waals surface area (Å²) in [5.74, 6) is -0.129. The Labute approximate surface area is 135 Å². The molecule has 0 aliphatic carbocycles. The summed E-state index contributed by atoms with van der Waals surface area (Å²) in [6, 6.07) is 3.23. The van der Waals surface area contributed by atoms with E-state index in [2.05, 4.69) is 4.98 Å². The summed E-state index contributed by atoms with van der Waals surface area (Å²) >= 11 is 5.89. The van der Waals surface area contributed by atoms with Gasteiger partial charge in [-0.2, -0.15) is 0 Å². The van der Waals surface area contributed by atoms with E-state index < -0.39 is 5.60 Å². The predicted octanol–water partition coefficient (Wildman–Crippen LogP) is 3.56. The van der Waals surface area contributed by atoms with Gasteiger partial charge in [0.25, 0.3) is 0 Å². The summed E-state index contributed by atoms with van der Waals surface area (Å²) in [6.45, 7) is 6.56. The highest BCUT2D eigenvalue weighted by atomic mass is 35.5. The molecule has 2 heterocycles. The fraction of sp³-hybridized carbons (Fsp3) is 0.562. The number of halogens is 1. The summed E-state index contributed by atoms with van der Waals surface area (Å²) in [5.41, 5.74) is -0.114. The van der Waals surface area contributed by atoms with Crippen LogP contribution in [0, 0.1) is 5.92 Å². The van der Waals surface area contributed by atoms with E-state index >= 15 is 0 Å². The molecule has 0 bridgehead atoms. The maximum atomic E-state index is 12.4. The van der Waals surface area contributed by atoms with Crippen LogP contribution in [-0.4, -0.2) is 40.5 Å². The Hall–Kier alpha value is -1.62. The molecule has 1 saturated heterocycles. The zero-order valence-corrected chi connectivity index (χ0v) is 13.9. The van der Waals surface area contributed by atoms with E-state index in [1.54, 1.807) is 17.0 Å². The van der Waals surface area contributed by atoms with E-state index in [1.165, 1.54) is 6.20 Å². The number of aromatic nitrogens is 1. The number of hydrogen-bond donors (Lipinski definition) is 0. The lowest BCUT2D eigenvalue weighted by Crippen LogP contribution is -2.43. The number of nitrogens with zero attached hydrogens (tertiary/aromatic N) is 2. The van der Waals surface area contributed by atoms with E-state index in [0.717, 1.165) is 0 Å². The van der Waals surface area contributed by atoms with Crippen LogP contribution in [-0.2, 0) is 4.74 Å². The first-order valence-corrected chi connectivity index (χ1v) is 7.78. The molecule has 6 heteroatoms. The number of piperidine rings is 1. The van der Waals surface area contributed by atoms with Gasteiger partial charge in [0.2, 0.25) is 0 Å². The number of amides is 1. The topological polar surface area (TPSA) is 59.5 Å². The van der Waals surface area contributed by atoms with Crippen LogP contribution in [0.1, 0.15) is 44.1 Å². The van der Waals surface area contributed by atoms with Crippen LogP contribution in [0.25, 0.3) is 0 Å². The highest BCUT2D eigenvalue weighted by molar-refractivity contribution is 6.30. The number of likely N-dealkylation sites (tertiary alicyclic amines) is 1. The van der Waals surface area contributed by atoms with Crippen LogP contribution in [0.3, 0.4) is 0 Å². The molecular weight excluding hydrogens is 304 g/mol. The van der Waals surface area contributed by atoms with Gasteiger partial charge >= 0.3 is 6.09 Å². The molecule has 0 N–H and O–H groups in total. The third-order valence-corrected chi connectivity index (χ3v) is 3.73. The molecule has 1 aromatic heterocycles. The number of rotatable bonds is 2. The van der Waals surface area contributed by atoms with Crippen molar-refractivity contribution in [3.63, 3.8) is 0 Å². The number of pyridine rings is 1. The van der Waals surface area contributed by atoms with E-state index in [0.29, 0.717) is 36.6 Å². The van der Waals surface area contributed by atoms with Gasteiger partial charge in [0.15, 0.2) is 5.78 Å². The average Bonchev–Trinajstić information content (AvgIpc) is 2.45. The Kier molecular flexibility index (Phi) is 5.06. The largest absolute Gasteiger partial charge is 0.444 e. The molecule has 2 rings (SSSR count). The number of Topliss-reactive ketones (excluding diaryl/α,β-unsaturated/α-hetero) is 1. The molecule has 0 saturated carbocycles.